The number of ether oxygens (including phenoxy) is 1. The average molecular weight is 503 g/mol. The Morgan fingerprint density at radius 1 is 1.11 bits per heavy atom. The molecule has 2 heterocycles. The first-order valence-electron chi connectivity index (χ1n) is 10.2. The van der Waals surface area contributed by atoms with Gasteiger partial charge in [0.1, 0.15) is 32.9 Å². The van der Waals surface area contributed by atoms with Crippen LogP contribution in [0, 0.1) is 11.3 Å². The number of carboxylic acids is 1. The summed E-state index contributed by atoms with van der Waals surface area (Å²) in [6.45, 7) is 0. The minimum Gasteiger partial charge on any atom is -0.495 e. The maximum absolute atomic E-state index is 12.9. The Kier molecular flexibility index (Phi) is 6.16. The third-order valence-corrected chi connectivity index (χ3v) is 6.48. The van der Waals surface area contributed by atoms with Gasteiger partial charge in [0.05, 0.1) is 24.0 Å². The van der Waals surface area contributed by atoms with Crippen molar-refractivity contribution in [1.82, 2.24) is 4.98 Å². The summed E-state index contributed by atoms with van der Waals surface area (Å²) >= 11 is 0.961. The number of carboxylic acid groups (broad SMARTS) is 1. The van der Waals surface area contributed by atoms with Crippen LogP contribution in [0.4, 0.5) is 17.2 Å². The fraction of sp³-hybridized carbons (Fsp3) is 0.0417. The van der Waals surface area contributed by atoms with E-state index in [-0.39, 0.29) is 38.8 Å². The lowest BCUT2D eigenvalue weighted by Gasteiger charge is -2.14. The van der Waals surface area contributed by atoms with Crippen LogP contribution >= 0.6 is 11.3 Å². The van der Waals surface area contributed by atoms with Crippen LogP contribution in [0.2, 0.25) is 0 Å². The van der Waals surface area contributed by atoms with Crippen molar-refractivity contribution in [3.63, 3.8) is 0 Å². The first-order chi connectivity index (χ1) is 17.2. The number of nitrogen functional groups attached to an aromatic ring is 2. The molecule has 36 heavy (non-hydrogen) atoms. The second kappa shape index (κ2) is 9.24. The maximum atomic E-state index is 12.9. The first-order valence-corrected chi connectivity index (χ1v) is 11.0. The number of nitriles is 1. The highest BCUT2D eigenvalue weighted by atomic mass is 32.1. The molecule has 0 bridgehead atoms. The number of pyridine rings is 1. The molecule has 0 unspecified atom stereocenters. The molecular weight excluding hydrogens is 484 g/mol. The summed E-state index contributed by atoms with van der Waals surface area (Å²) in [5.41, 5.74) is 19.1. The summed E-state index contributed by atoms with van der Waals surface area (Å²) in [5, 5.41) is 21.9. The standard InChI is InChI=1S/C24H18N6O5S/c1-35-15-7-6-12(8-14(15)29-22(32)10-2-4-11(5-3-10)24(33)34)16-13(9-25)20(27)30-23-17(16)18(26)19(36-23)21(28)31/h2-8H,26H2,1H3,(H2,27,30)(H2,28,31)(H,29,32)(H,33,34). The van der Waals surface area contributed by atoms with E-state index in [1.807, 2.05) is 6.07 Å². The monoisotopic (exact) mass is 502 g/mol. The summed E-state index contributed by atoms with van der Waals surface area (Å²) < 4.78 is 5.37. The summed E-state index contributed by atoms with van der Waals surface area (Å²) in [6.07, 6.45) is 0. The van der Waals surface area contributed by atoms with Crippen molar-refractivity contribution >= 4 is 56.5 Å². The van der Waals surface area contributed by atoms with E-state index in [9.17, 15) is 19.6 Å². The number of rotatable bonds is 6. The van der Waals surface area contributed by atoms with Crippen molar-refractivity contribution in [3.8, 4) is 22.9 Å². The number of thiophene rings is 1. The maximum Gasteiger partial charge on any atom is 0.335 e. The number of fused-ring (bicyclic) bond motifs is 1. The summed E-state index contributed by atoms with van der Waals surface area (Å²) in [4.78, 5) is 40.4. The van der Waals surface area contributed by atoms with Gasteiger partial charge in [-0.3, -0.25) is 9.59 Å². The molecule has 0 aliphatic carbocycles. The molecule has 0 saturated heterocycles. The number of nitrogens with zero attached hydrogens (tertiary/aromatic N) is 2. The van der Waals surface area contributed by atoms with Crippen LogP contribution in [-0.4, -0.2) is 35.0 Å². The lowest BCUT2D eigenvalue weighted by molar-refractivity contribution is 0.0696. The van der Waals surface area contributed by atoms with E-state index in [1.54, 1.807) is 18.2 Å². The van der Waals surface area contributed by atoms with Gasteiger partial charge in [-0.25, -0.2) is 9.78 Å². The molecule has 0 spiro atoms. The number of aromatic nitrogens is 1. The molecule has 0 saturated carbocycles. The number of carbonyl (C=O) groups is 3. The SMILES string of the molecule is COc1ccc(-c2c(C#N)c(N)nc3sc(C(N)=O)c(N)c23)cc1NC(=O)c1ccc(C(=O)O)cc1. The van der Waals surface area contributed by atoms with Gasteiger partial charge >= 0.3 is 5.97 Å². The van der Waals surface area contributed by atoms with Crippen LogP contribution < -0.4 is 27.3 Å². The van der Waals surface area contributed by atoms with Gasteiger partial charge in [-0.2, -0.15) is 5.26 Å². The number of benzene rings is 2. The van der Waals surface area contributed by atoms with Gasteiger partial charge in [-0.15, -0.1) is 11.3 Å². The average Bonchev–Trinajstić information content (AvgIpc) is 3.19. The molecule has 0 fully saturated rings. The predicted molar refractivity (Wildman–Crippen MR) is 135 cm³/mol. The molecule has 0 aliphatic rings. The van der Waals surface area contributed by atoms with Crippen LogP contribution in [0.25, 0.3) is 21.3 Å². The molecule has 2 aromatic carbocycles. The highest BCUT2D eigenvalue weighted by Gasteiger charge is 2.24. The van der Waals surface area contributed by atoms with Crippen molar-refractivity contribution in [1.29, 1.82) is 5.26 Å². The highest BCUT2D eigenvalue weighted by Crippen LogP contribution is 2.43. The van der Waals surface area contributed by atoms with Crippen LogP contribution in [0.3, 0.4) is 0 Å². The number of amides is 2. The molecule has 2 aromatic heterocycles. The van der Waals surface area contributed by atoms with Crippen LogP contribution in [-0.2, 0) is 0 Å². The Balaban J connectivity index is 1.86. The lowest BCUT2D eigenvalue weighted by atomic mass is 9.96. The number of methoxy groups -OCH3 is 1. The number of hydrogen-bond donors (Lipinski definition) is 5. The van der Waals surface area contributed by atoms with Gasteiger partial charge in [-0.05, 0) is 42.0 Å². The van der Waals surface area contributed by atoms with Crippen molar-refractivity contribution < 1.29 is 24.2 Å². The summed E-state index contributed by atoms with van der Waals surface area (Å²) in [6, 6.07) is 12.2. The molecule has 4 aromatic rings. The molecule has 4 rings (SSSR count). The minimum atomic E-state index is -1.11. The third-order valence-electron chi connectivity index (χ3n) is 5.37. The Morgan fingerprint density at radius 3 is 2.36 bits per heavy atom. The number of aromatic carboxylic acids is 1. The van der Waals surface area contributed by atoms with E-state index in [0.717, 1.165) is 11.3 Å². The molecule has 0 radical (unpaired) electrons. The highest BCUT2D eigenvalue weighted by molar-refractivity contribution is 7.21. The number of primary amides is 1. The van der Waals surface area contributed by atoms with Crippen LogP contribution in [0.5, 0.6) is 5.75 Å². The number of nitrogens with two attached hydrogens (primary N) is 3. The number of anilines is 3. The largest absolute Gasteiger partial charge is 0.495 e. The topological polar surface area (TPSA) is 207 Å². The van der Waals surface area contributed by atoms with E-state index >= 15 is 0 Å². The zero-order valence-electron chi connectivity index (χ0n) is 18.7. The zero-order valence-corrected chi connectivity index (χ0v) is 19.5. The fourth-order valence-corrected chi connectivity index (χ4v) is 4.64. The zero-order chi connectivity index (χ0) is 26.1. The van der Waals surface area contributed by atoms with Crippen molar-refractivity contribution in [2.75, 3.05) is 23.9 Å². The van der Waals surface area contributed by atoms with Gasteiger partial charge in [0.2, 0.25) is 0 Å². The van der Waals surface area contributed by atoms with Gasteiger partial charge in [-0.1, -0.05) is 6.07 Å². The lowest BCUT2D eigenvalue weighted by Crippen LogP contribution is -2.13. The smallest absolute Gasteiger partial charge is 0.335 e. The van der Waals surface area contributed by atoms with Crippen molar-refractivity contribution in [2.24, 2.45) is 5.73 Å². The summed E-state index contributed by atoms with van der Waals surface area (Å²) in [7, 11) is 1.42. The quantitative estimate of drug-likeness (QED) is 0.262. The van der Waals surface area contributed by atoms with Crippen LogP contribution in [0.1, 0.15) is 36.0 Å². The molecule has 12 heteroatoms. The second-order valence-corrected chi connectivity index (χ2v) is 8.50. The van der Waals surface area contributed by atoms with Gasteiger partial charge in [0.15, 0.2) is 0 Å². The van der Waals surface area contributed by atoms with E-state index in [0.29, 0.717) is 27.1 Å². The van der Waals surface area contributed by atoms with Crippen molar-refractivity contribution in [2.45, 2.75) is 0 Å². The normalized spacial score (nSPS) is 10.6. The van der Waals surface area contributed by atoms with Gasteiger partial charge in [0.25, 0.3) is 11.8 Å². The Hall–Kier alpha value is -5.15. The fourth-order valence-electron chi connectivity index (χ4n) is 3.67. The first kappa shape index (κ1) is 24.0. The molecule has 8 N–H and O–H groups in total. The number of carbonyl (C=O) groups excluding carboxylic acids is 2. The molecule has 180 valence electrons. The summed E-state index contributed by atoms with van der Waals surface area (Å²) in [5.74, 6) is -2.11. The molecule has 2 amide bonds. The van der Waals surface area contributed by atoms with Crippen LogP contribution in [0.15, 0.2) is 42.5 Å². The van der Waals surface area contributed by atoms with Crippen molar-refractivity contribution in [3.05, 3.63) is 64.0 Å². The molecule has 11 nitrogen and oxygen atoms in total. The van der Waals surface area contributed by atoms with Gasteiger partial charge in [0, 0.05) is 16.5 Å². The number of nitrogens with one attached hydrogen (secondary N) is 1. The Bertz CT molecular complexity index is 1600. The molecular formula is C24H18N6O5S. The Morgan fingerprint density at radius 2 is 1.78 bits per heavy atom. The Labute approximate surface area is 207 Å². The van der Waals surface area contributed by atoms with E-state index in [4.69, 9.17) is 27.0 Å². The molecule has 0 atom stereocenters. The predicted octanol–water partition coefficient (Wildman–Crippen LogP) is 3.06. The minimum absolute atomic E-state index is 0.0368. The van der Waals surface area contributed by atoms with Gasteiger partial charge < -0.3 is 32.4 Å². The second-order valence-electron chi connectivity index (χ2n) is 7.50. The molecule has 0 aliphatic heterocycles. The van der Waals surface area contributed by atoms with E-state index in [1.165, 1.54) is 31.4 Å². The third kappa shape index (κ3) is 4.10. The number of hydrogen-bond acceptors (Lipinski definition) is 9. The van der Waals surface area contributed by atoms with E-state index < -0.39 is 17.8 Å². The van der Waals surface area contributed by atoms with E-state index in [2.05, 4.69) is 10.3 Å².